The van der Waals surface area contributed by atoms with E-state index in [2.05, 4.69) is 25.2 Å². The maximum absolute atomic E-state index is 12.7. The summed E-state index contributed by atoms with van der Waals surface area (Å²) in [5.74, 6) is 1.96. The van der Waals surface area contributed by atoms with Gasteiger partial charge in [-0.2, -0.15) is 0 Å². The Hall–Kier alpha value is -3.78. The van der Waals surface area contributed by atoms with Gasteiger partial charge in [-0.15, -0.1) is 0 Å². The van der Waals surface area contributed by atoms with Crippen LogP contribution in [0, 0.1) is 0 Å². The molecule has 4 heterocycles. The maximum atomic E-state index is 12.7. The van der Waals surface area contributed by atoms with Gasteiger partial charge in [0.05, 0.1) is 35.8 Å². The second-order valence-corrected chi connectivity index (χ2v) is 7.99. The Morgan fingerprint density at radius 3 is 2.78 bits per heavy atom. The molecule has 0 saturated heterocycles. The zero-order chi connectivity index (χ0) is 22.1. The number of hydrogen-bond donors (Lipinski definition) is 2. The van der Waals surface area contributed by atoms with Crippen LogP contribution in [0.5, 0.6) is 5.75 Å². The Morgan fingerprint density at radius 2 is 1.97 bits per heavy atom. The van der Waals surface area contributed by atoms with E-state index >= 15 is 0 Å². The number of amides is 1. The van der Waals surface area contributed by atoms with Crippen molar-refractivity contribution in [3.05, 3.63) is 66.2 Å². The Bertz CT molecular complexity index is 1280. The fourth-order valence-corrected chi connectivity index (χ4v) is 3.77. The van der Waals surface area contributed by atoms with E-state index in [9.17, 15) is 4.79 Å². The van der Waals surface area contributed by atoms with Crippen LogP contribution in [0.15, 0.2) is 54.9 Å². The molecule has 0 radical (unpaired) electrons. The third-order valence-electron chi connectivity index (χ3n) is 5.30. The average molecular weight is 428 g/mol. The second kappa shape index (κ2) is 8.39. The molecule has 1 aliphatic heterocycles. The molecule has 0 atom stereocenters. The summed E-state index contributed by atoms with van der Waals surface area (Å²) in [6.45, 7) is 6.46. The van der Waals surface area contributed by atoms with E-state index in [1.165, 1.54) is 0 Å². The quantitative estimate of drug-likeness (QED) is 0.504. The highest BCUT2D eigenvalue weighted by molar-refractivity contribution is 6.04. The number of anilines is 1. The first-order valence-electron chi connectivity index (χ1n) is 10.7. The van der Waals surface area contributed by atoms with Crippen molar-refractivity contribution < 1.29 is 9.53 Å². The molecule has 2 N–H and O–H groups in total. The summed E-state index contributed by atoms with van der Waals surface area (Å²) in [5.41, 5.74) is 3.14. The van der Waals surface area contributed by atoms with Gasteiger partial charge in [0.1, 0.15) is 17.4 Å². The Morgan fingerprint density at radius 1 is 1.12 bits per heavy atom. The number of hydrogen-bond acceptors (Lipinski definition) is 6. The first-order valence-corrected chi connectivity index (χ1v) is 10.7. The monoisotopic (exact) mass is 428 g/mol. The van der Waals surface area contributed by atoms with E-state index < -0.39 is 0 Å². The molecule has 1 aromatic carbocycles. The summed E-state index contributed by atoms with van der Waals surface area (Å²) in [5, 5.41) is 7.09. The van der Waals surface area contributed by atoms with Crippen molar-refractivity contribution in [2.24, 2.45) is 0 Å². The lowest BCUT2D eigenvalue weighted by Gasteiger charge is -2.17. The fourth-order valence-electron chi connectivity index (χ4n) is 3.77. The highest BCUT2D eigenvalue weighted by Crippen LogP contribution is 2.24. The molecule has 0 fully saturated rings. The number of fused-ring (bicyclic) bond motifs is 2. The number of pyridine rings is 2. The molecule has 0 saturated carbocycles. The van der Waals surface area contributed by atoms with Crippen molar-refractivity contribution in [1.29, 1.82) is 0 Å². The summed E-state index contributed by atoms with van der Waals surface area (Å²) in [6, 6.07) is 12.8. The molecule has 3 aromatic heterocycles. The molecule has 0 aliphatic carbocycles. The minimum atomic E-state index is -0.235. The summed E-state index contributed by atoms with van der Waals surface area (Å²) in [4.78, 5) is 26.4. The van der Waals surface area contributed by atoms with E-state index in [-0.39, 0.29) is 12.0 Å². The molecular weight excluding hydrogens is 404 g/mol. The molecule has 0 spiro atoms. The van der Waals surface area contributed by atoms with Crippen LogP contribution in [0.1, 0.15) is 30.0 Å². The maximum Gasteiger partial charge on any atom is 0.256 e. The van der Waals surface area contributed by atoms with Crippen LogP contribution >= 0.6 is 0 Å². The molecule has 0 unspecified atom stereocenters. The van der Waals surface area contributed by atoms with Gasteiger partial charge < -0.3 is 19.9 Å². The predicted molar refractivity (Wildman–Crippen MR) is 123 cm³/mol. The van der Waals surface area contributed by atoms with Crippen LogP contribution in [-0.2, 0) is 13.1 Å². The standard InChI is InChI=1S/C24H24N6O2/c1-15(2)32-18-6-3-16(4-7-18)24(31)29-22-11-20-17(12-26-22)5-8-19(28-20)21-13-27-23-14-25-9-10-30(21)23/h3-8,11-13,15,25H,9-10,14H2,1-2H3,(H,26,29,31). The van der Waals surface area contributed by atoms with Gasteiger partial charge in [0.2, 0.25) is 0 Å². The number of imidazole rings is 1. The van der Waals surface area contributed by atoms with Gasteiger partial charge >= 0.3 is 0 Å². The van der Waals surface area contributed by atoms with Gasteiger partial charge in [0.25, 0.3) is 5.91 Å². The number of carbonyl (C=O) groups is 1. The summed E-state index contributed by atoms with van der Waals surface area (Å²) in [7, 11) is 0. The van der Waals surface area contributed by atoms with Crippen molar-refractivity contribution in [1.82, 2.24) is 24.8 Å². The number of nitrogens with one attached hydrogen (secondary N) is 2. The van der Waals surface area contributed by atoms with Gasteiger partial charge in [-0.25, -0.2) is 15.0 Å². The molecular formula is C24H24N6O2. The van der Waals surface area contributed by atoms with Gasteiger partial charge in [0.15, 0.2) is 0 Å². The van der Waals surface area contributed by atoms with Crippen molar-refractivity contribution in [3.8, 4) is 17.1 Å². The van der Waals surface area contributed by atoms with Gasteiger partial charge in [-0.3, -0.25) is 4.79 Å². The van der Waals surface area contributed by atoms with Gasteiger partial charge in [0, 0.05) is 36.3 Å². The van der Waals surface area contributed by atoms with Crippen LogP contribution in [0.4, 0.5) is 5.82 Å². The number of carbonyl (C=O) groups excluding carboxylic acids is 1. The average Bonchev–Trinajstić information content (AvgIpc) is 3.23. The molecule has 0 bridgehead atoms. The molecule has 1 aliphatic rings. The lowest BCUT2D eigenvalue weighted by atomic mass is 10.2. The second-order valence-electron chi connectivity index (χ2n) is 7.99. The Balaban J connectivity index is 1.38. The van der Waals surface area contributed by atoms with Crippen LogP contribution in [0.2, 0.25) is 0 Å². The van der Waals surface area contributed by atoms with Gasteiger partial charge in [-0.05, 0) is 50.2 Å². The fraction of sp³-hybridized carbons (Fsp3) is 0.250. The molecule has 8 nitrogen and oxygen atoms in total. The third kappa shape index (κ3) is 4.04. The van der Waals surface area contributed by atoms with E-state index in [0.29, 0.717) is 11.4 Å². The summed E-state index contributed by atoms with van der Waals surface area (Å²) in [6.07, 6.45) is 3.67. The minimum absolute atomic E-state index is 0.0820. The number of nitrogens with zero attached hydrogens (tertiary/aromatic N) is 4. The van der Waals surface area contributed by atoms with Crippen molar-refractivity contribution in [2.45, 2.75) is 33.0 Å². The molecule has 162 valence electrons. The van der Waals surface area contributed by atoms with E-state index in [1.807, 2.05) is 32.2 Å². The van der Waals surface area contributed by atoms with E-state index in [4.69, 9.17) is 9.72 Å². The summed E-state index contributed by atoms with van der Waals surface area (Å²) >= 11 is 0. The smallest absolute Gasteiger partial charge is 0.256 e. The van der Waals surface area contributed by atoms with Crippen LogP contribution in [-0.4, -0.2) is 38.1 Å². The van der Waals surface area contributed by atoms with Crippen LogP contribution < -0.4 is 15.4 Å². The third-order valence-corrected chi connectivity index (χ3v) is 5.30. The first-order chi connectivity index (χ1) is 15.6. The molecule has 5 rings (SSSR count). The lowest BCUT2D eigenvalue weighted by Crippen LogP contribution is -2.28. The van der Waals surface area contributed by atoms with Crippen LogP contribution in [0.3, 0.4) is 0 Å². The molecule has 4 aromatic rings. The summed E-state index contributed by atoms with van der Waals surface area (Å²) < 4.78 is 7.83. The lowest BCUT2D eigenvalue weighted by molar-refractivity contribution is 0.102. The molecule has 8 heteroatoms. The highest BCUT2D eigenvalue weighted by Gasteiger charge is 2.16. The zero-order valence-corrected chi connectivity index (χ0v) is 18.0. The largest absolute Gasteiger partial charge is 0.491 e. The Kier molecular flexibility index (Phi) is 5.28. The topological polar surface area (TPSA) is 94.0 Å². The highest BCUT2D eigenvalue weighted by atomic mass is 16.5. The normalized spacial score (nSPS) is 13.2. The van der Waals surface area contributed by atoms with Crippen LogP contribution in [0.25, 0.3) is 22.3 Å². The number of aromatic nitrogens is 4. The predicted octanol–water partition coefficient (Wildman–Crippen LogP) is 3.64. The SMILES string of the molecule is CC(C)Oc1ccc(C(=O)Nc2cc3nc(-c4cnc5n4CCNC5)ccc3cn2)cc1. The molecule has 32 heavy (non-hydrogen) atoms. The van der Waals surface area contributed by atoms with E-state index in [0.717, 1.165) is 53.5 Å². The number of ether oxygens (including phenoxy) is 1. The Labute approximate surface area is 185 Å². The van der Waals surface area contributed by atoms with Gasteiger partial charge in [-0.1, -0.05) is 0 Å². The van der Waals surface area contributed by atoms with Crippen molar-refractivity contribution in [2.75, 3.05) is 11.9 Å². The molecule has 1 amide bonds. The van der Waals surface area contributed by atoms with Crippen molar-refractivity contribution in [3.63, 3.8) is 0 Å². The first kappa shape index (κ1) is 20.1. The van der Waals surface area contributed by atoms with Crippen molar-refractivity contribution >= 4 is 22.6 Å². The number of rotatable bonds is 5. The van der Waals surface area contributed by atoms with E-state index in [1.54, 1.807) is 36.5 Å². The zero-order valence-electron chi connectivity index (χ0n) is 18.0. The number of benzene rings is 1. The minimum Gasteiger partial charge on any atom is -0.491 e.